The molecule has 1 N–H and O–H groups in total. The first kappa shape index (κ1) is 14.8. The van der Waals surface area contributed by atoms with Gasteiger partial charge in [0.25, 0.3) is 5.91 Å². The van der Waals surface area contributed by atoms with Gasteiger partial charge in [0.15, 0.2) is 6.61 Å². The molecule has 1 amide bonds. The van der Waals surface area contributed by atoms with Crippen LogP contribution in [0.3, 0.4) is 0 Å². The van der Waals surface area contributed by atoms with Crippen LogP contribution in [-0.2, 0) is 9.53 Å². The molecule has 0 aliphatic carbocycles. The van der Waals surface area contributed by atoms with Crippen LogP contribution >= 0.6 is 11.6 Å². The second-order valence-corrected chi connectivity index (χ2v) is 4.45. The minimum Gasteiger partial charge on any atom is -0.452 e. The van der Waals surface area contributed by atoms with Crippen molar-refractivity contribution in [2.45, 2.75) is 0 Å². The van der Waals surface area contributed by atoms with Gasteiger partial charge in [-0.05, 0) is 12.1 Å². The smallest absolute Gasteiger partial charge is 0.339 e. The molecule has 0 saturated heterocycles. The number of terminal acetylenes is 1. The zero-order valence-corrected chi connectivity index (χ0v) is 11.7. The van der Waals surface area contributed by atoms with E-state index in [0.29, 0.717) is 10.9 Å². The Hall–Kier alpha value is -2.58. The Balaban J connectivity index is 2.16. The summed E-state index contributed by atoms with van der Waals surface area (Å²) in [7, 11) is 0. The average molecular weight is 303 g/mol. The number of nitrogens with one attached hydrogen (secondary N) is 1. The van der Waals surface area contributed by atoms with Crippen LogP contribution in [0.1, 0.15) is 10.4 Å². The number of hydrogen-bond acceptors (Lipinski definition) is 4. The molecule has 1 aromatic carbocycles. The van der Waals surface area contributed by atoms with Crippen LogP contribution in [0.4, 0.5) is 0 Å². The number of pyridine rings is 1. The number of nitrogens with zero attached hydrogens (tertiary/aromatic N) is 1. The predicted molar refractivity (Wildman–Crippen MR) is 78.9 cm³/mol. The van der Waals surface area contributed by atoms with Gasteiger partial charge >= 0.3 is 5.97 Å². The molecule has 2 rings (SSSR count). The average Bonchev–Trinajstić information content (AvgIpc) is 2.49. The number of carbonyl (C=O) groups is 2. The van der Waals surface area contributed by atoms with Crippen molar-refractivity contribution in [2.75, 3.05) is 13.2 Å². The van der Waals surface area contributed by atoms with Crippen LogP contribution in [0, 0.1) is 12.3 Å². The lowest BCUT2D eigenvalue weighted by Gasteiger charge is -2.07. The van der Waals surface area contributed by atoms with Crippen molar-refractivity contribution in [3.63, 3.8) is 0 Å². The highest BCUT2D eigenvalue weighted by molar-refractivity contribution is 6.30. The summed E-state index contributed by atoms with van der Waals surface area (Å²) < 4.78 is 4.94. The monoisotopic (exact) mass is 302 g/mol. The number of hydrogen-bond donors (Lipinski definition) is 1. The van der Waals surface area contributed by atoms with Crippen molar-refractivity contribution in [1.82, 2.24) is 10.3 Å². The van der Waals surface area contributed by atoms with E-state index < -0.39 is 18.5 Å². The summed E-state index contributed by atoms with van der Waals surface area (Å²) in [4.78, 5) is 27.5. The molecule has 0 bridgehead atoms. The summed E-state index contributed by atoms with van der Waals surface area (Å²) in [6, 6.07) is 8.43. The molecular formula is C15H11ClN2O3. The molecule has 0 unspecified atom stereocenters. The Bertz CT molecular complexity index is 737. The second kappa shape index (κ2) is 6.73. The largest absolute Gasteiger partial charge is 0.452 e. The molecule has 0 aliphatic heterocycles. The number of ether oxygens (including phenoxy) is 1. The maximum Gasteiger partial charge on any atom is 0.339 e. The number of amides is 1. The quantitative estimate of drug-likeness (QED) is 0.531. The third kappa shape index (κ3) is 3.71. The van der Waals surface area contributed by atoms with Gasteiger partial charge in [0.05, 0.1) is 17.6 Å². The number of halogens is 1. The van der Waals surface area contributed by atoms with E-state index in [0.717, 1.165) is 0 Å². The van der Waals surface area contributed by atoms with Crippen LogP contribution in [0.2, 0.25) is 5.15 Å². The maximum atomic E-state index is 12.1. The van der Waals surface area contributed by atoms with E-state index in [1.165, 1.54) is 6.07 Å². The third-order valence-corrected chi connectivity index (χ3v) is 2.82. The Morgan fingerprint density at radius 1 is 1.38 bits per heavy atom. The molecule has 1 aromatic heterocycles. The first-order valence-corrected chi connectivity index (χ1v) is 6.42. The highest BCUT2D eigenvalue weighted by atomic mass is 35.5. The van der Waals surface area contributed by atoms with Gasteiger partial charge in [0.2, 0.25) is 0 Å². The van der Waals surface area contributed by atoms with Crippen molar-refractivity contribution in [3.8, 4) is 12.3 Å². The summed E-state index contributed by atoms with van der Waals surface area (Å²) in [5.41, 5.74) is 0.837. The minimum absolute atomic E-state index is 0.0837. The second-order valence-electron chi connectivity index (χ2n) is 4.07. The minimum atomic E-state index is -0.647. The molecule has 0 saturated carbocycles. The fourth-order valence-electron chi connectivity index (χ4n) is 1.72. The standard InChI is InChI=1S/C15H11ClN2O3/c1-2-7-17-14(19)9-21-15(20)11-8-13(16)18-12-6-4-3-5-10(11)12/h1,3-6,8H,7,9H2,(H,17,19). The first-order valence-electron chi connectivity index (χ1n) is 6.04. The first-order chi connectivity index (χ1) is 10.1. The van der Waals surface area contributed by atoms with E-state index in [9.17, 15) is 9.59 Å². The van der Waals surface area contributed by atoms with Gasteiger partial charge in [-0.3, -0.25) is 4.79 Å². The Morgan fingerprint density at radius 2 is 2.14 bits per heavy atom. The number of carbonyl (C=O) groups excluding carboxylic acids is 2. The Kier molecular flexibility index (Phi) is 4.75. The van der Waals surface area contributed by atoms with Gasteiger partial charge < -0.3 is 10.1 Å². The van der Waals surface area contributed by atoms with Gasteiger partial charge in [-0.25, -0.2) is 9.78 Å². The van der Waals surface area contributed by atoms with Gasteiger partial charge in [-0.1, -0.05) is 35.7 Å². The molecule has 2 aromatic rings. The van der Waals surface area contributed by atoms with E-state index in [4.69, 9.17) is 22.8 Å². The van der Waals surface area contributed by atoms with Crippen LogP contribution in [0.15, 0.2) is 30.3 Å². The van der Waals surface area contributed by atoms with Crippen molar-refractivity contribution < 1.29 is 14.3 Å². The summed E-state index contributed by atoms with van der Waals surface area (Å²) >= 11 is 5.88. The zero-order valence-electron chi connectivity index (χ0n) is 10.9. The molecule has 5 nitrogen and oxygen atoms in total. The van der Waals surface area contributed by atoms with E-state index in [2.05, 4.69) is 16.2 Å². The van der Waals surface area contributed by atoms with E-state index in [-0.39, 0.29) is 17.3 Å². The van der Waals surface area contributed by atoms with Crippen molar-refractivity contribution in [1.29, 1.82) is 0 Å². The number of rotatable bonds is 4. The van der Waals surface area contributed by atoms with Crippen LogP contribution < -0.4 is 5.32 Å². The third-order valence-electron chi connectivity index (χ3n) is 2.63. The molecule has 0 atom stereocenters. The lowest BCUT2D eigenvalue weighted by atomic mass is 10.1. The Morgan fingerprint density at radius 3 is 2.90 bits per heavy atom. The predicted octanol–water partition coefficient (Wildman–Crippen LogP) is 1.79. The van der Waals surface area contributed by atoms with E-state index >= 15 is 0 Å². The molecule has 0 aliphatic rings. The van der Waals surface area contributed by atoms with Gasteiger partial charge in [0.1, 0.15) is 5.15 Å². The summed E-state index contributed by atoms with van der Waals surface area (Å²) in [6.45, 7) is -0.324. The molecule has 0 radical (unpaired) electrons. The molecule has 21 heavy (non-hydrogen) atoms. The zero-order chi connectivity index (χ0) is 15.2. The summed E-state index contributed by atoms with van der Waals surface area (Å²) in [5.74, 6) is 1.14. The number of fused-ring (bicyclic) bond motifs is 1. The van der Waals surface area contributed by atoms with Crippen molar-refractivity contribution in [3.05, 3.63) is 41.0 Å². The van der Waals surface area contributed by atoms with Gasteiger partial charge in [0, 0.05) is 5.39 Å². The molecule has 106 valence electrons. The lowest BCUT2D eigenvalue weighted by Crippen LogP contribution is -2.29. The highest BCUT2D eigenvalue weighted by Crippen LogP contribution is 2.21. The molecular weight excluding hydrogens is 292 g/mol. The number of esters is 1. The van der Waals surface area contributed by atoms with Crippen LogP contribution in [-0.4, -0.2) is 30.0 Å². The normalized spacial score (nSPS) is 9.90. The van der Waals surface area contributed by atoms with Crippen LogP contribution in [0.25, 0.3) is 10.9 Å². The summed E-state index contributed by atoms with van der Waals surface area (Å²) in [5, 5.41) is 3.18. The van der Waals surface area contributed by atoms with E-state index in [1.54, 1.807) is 24.3 Å². The van der Waals surface area contributed by atoms with E-state index in [1.807, 2.05) is 0 Å². The number of aromatic nitrogens is 1. The summed E-state index contributed by atoms with van der Waals surface area (Å²) in [6.07, 6.45) is 5.01. The Labute approximate surface area is 126 Å². The molecule has 6 heteroatoms. The van der Waals surface area contributed by atoms with Crippen LogP contribution in [0.5, 0.6) is 0 Å². The topological polar surface area (TPSA) is 68.3 Å². The molecule has 0 fully saturated rings. The fourth-order valence-corrected chi connectivity index (χ4v) is 1.92. The van der Waals surface area contributed by atoms with Crippen molar-refractivity contribution >= 4 is 34.4 Å². The number of para-hydroxylation sites is 1. The van der Waals surface area contributed by atoms with Crippen molar-refractivity contribution in [2.24, 2.45) is 0 Å². The molecule has 0 spiro atoms. The SMILES string of the molecule is C#CCNC(=O)COC(=O)c1cc(Cl)nc2ccccc12. The highest BCUT2D eigenvalue weighted by Gasteiger charge is 2.15. The maximum absolute atomic E-state index is 12.1. The molecule has 1 heterocycles. The van der Waals surface area contributed by atoms with Gasteiger partial charge in [-0.2, -0.15) is 0 Å². The number of benzene rings is 1. The van der Waals surface area contributed by atoms with Gasteiger partial charge in [-0.15, -0.1) is 6.42 Å². The fraction of sp³-hybridized carbons (Fsp3) is 0.133. The lowest BCUT2D eigenvalue weighted by molar-refractivity contribution is -0.123.